The Morgan fingerprint density at radius 3 is 1.27 bits per heavy atom. The van der Waals surface area contributed by atoms with Crippen molar-refractivity contribution in [1.29, 1.82) is 0 Å². The van der Waals surface area contributed by atoms with Crippen molar-refractivity contribution in [2.45, 2.75) is 31.1 Å². The zero-order valence-corrected chi connectivity index (χ0v) is 30.9. The van der Waals surface area contributed by atoms with E-state index in [4.69, 9.17) is 0 Å². The van der Waals surface area contributed by atoms with Crippen LogP contribution >= 0.6 is 0 Å². The first-order valence-electron chi connectivity index (χ1n) is 19.5. The van der Waals surface area contributed by atoms with Crippen LogP contribution in [0.2, 0.25) is 0 Å². The first-order valence-corrected chi connectivity index (χ1v) is 19.5. The second-order valence-electron chi connectivity index (χ2n) is 14.9. The van der Waals surface area contributed by atoms with Crippen LogP contribution in [0, 0.1) is 0 Å². The number of aryl methyl sites for hydroxylation is 2. The molecule has 2 nitrogen and oxygen atoms in total. The number of para-hydroxylation sites is 3. The van der Waals surface area contributed by atoms with Gasteiger partial charge in [0.05, 0.1) is 5.69 Å². The summed E-state index contributed by atoms with van der Waals surface area (Å²) in [6, 6.07) is 75.5. The molecule has 0 aliphatic heterocycles. The van der Waals surface area contributed by atoms with Crippen LogP contribution in [0.4, 0.5) is 34.1 Å². The molecule has 1 spiro atoms. The van der Waals surface area contributed by atoms with Gasteiger partial charge in [-0.2, -0.15) is 0 Å². The second kappa shape index (κ2) is 14.0. The fraction of sp³-hybridized carbons (Fsp3) is 0.0943. The molecule has 0 unspecified atom stereocenters. The van der Waals surface area contributed by atoms with Crippen molar-refractivity contribution in [3.8, 4) is 22.3 Å². The van der Waals surface area contributed by atoms with Crippen LogP contribution in [0.15, 0.2) is 206 Å². The number of anilines is 6. The van der Waals surface area contributed by atoms with Crippen molar-refractivity contribution in [1.82, 2.24) is 0 Å². The van der Waals surface area contributed by atoms with Crippen molar-refractivity contribution < 1.29 is 0 Å². The first-order chi connectivity index (χ1) is 27.2. The molecule has 0 heterocycles. The molecule has 1 atom stereocenters. The highest BCUT2D eigenvalue weighted by molar-refractivity contribution is 5.91. The van der Waals surface area contributed by atoms with Crippen molar-refractivity contribution in [2.75, 3.05) is 9.80 Å². The van der Waals surface area contributed by atoms with Gasteiger partial charge in [-0.05, 0) is 137 Å². The number of fused-ring (bicyclic) bond motifs is 4. The maximum absolute atomic E-state index is 2.53. The van der Waals surface area contributed by atoms with Gasteiger partial charge in [0.2, 0.25) is 0 Å². The monoisotopic (exact) mass is 706 g/mol. The van der Waals surface area contributed by atoms with E-state index in [2.05, 4.69) is 216 Å². The Morgan fingerprint density at radius 1 is 0.327 bits per heavy atom. The zero-order chi connectivity index (χ0) is 36.6. The van der Waals surface area contributed by atoms with E-state index in [1.165, 1.54) is 72.9 Å². The lowest BCUT2D eigenvalue weighted by Crippen LogP contribution is -2.22. The van der Waals surface area contributed by atoms with E-state index in [0.29, 0.717) is 0 Å². The van der Waals surface area contributed by atoms with E-state index < -0.39 is 0 Å². The largest absolute Gasteiger partial charge is 0.310 e. The zero-order valence-electron chi connectivity index (χ0n) is 30.9. The average molecular weight is 707 g/mol. The third kappa shape index (κ3) is 5.91. The van der Waals surface area contributed by atoms with Gasteiger partial charge in [0.15, 0.2) is 0 Å². The summed E-state index contributed by atoms with van der Waals surface area (Å²) in [6.45, 7) is 0. The van der Waals surface area contributed by atoms with Gasteiger partial charge in [0, 0.05) is 39.4 Å². The molecule has 0 aromatic heterocycles. The third-order valence-corrected chi connectivity index (χ3v) is 11.8. The molecule has 8 aromatic rings. The Balaban J connectivity index is 1.12. The lowest BCUT2D eigenvalue weighted by Gasteiger charge is -2.32. The Bertz CT molecular complexity index is 2540. The Kier molecular flexibility index (Phi) is 8.37. The van der Waals surface area contributed by atoms with E-state index in [9.17, 15) is 0 Å². The Labute approximate surface area is 324 Å². The van der Waals surface area contributed by atoms with E-state index in [0.717, 1.165) is 31.4 Å². The van der Waals surface area contributed by atoms with Crippen molar-refractivity contribution in [3.63, 3.8) is 0 Å². The highest BCUT2D eigenvalue weighted by Gasteiger charge is 2.45. The van der Waals surface area contributed by atoms with Gasteiger partial charge >= 0.3 is 0 Å². The maximum atomic E-state index is 2.53. The lowest BCUT2D eigenvalue weighted by molar-refractivity contribution is 0.507. The van der Waals surface area contributed by atoms with Gasteiger partial charge in [-0.25, -0.2) is 0 Å². The van der Waals surface area contributed by atoms with E-state index in [1.54, 1.807) is 0 Å². The highest BCUT2D eigenvalue weighted by atomic mass is 15.1. The van der Waals surface area contributed by atoms with Crippen molar-refractivity contribution >= 4 is 34.1 Å². The maximum Gasteiger partial charge on any atom is 0.0540 e. The molecule has 2 aliphatic carbocycles. The molecular formula is C53H42N2. The fourth-order valence-corrected chi connectivity index (χ4v) is 9.23. The smallest absolute Gasteiger partial charge is 0.0540 e. The fourth-order valence-electron chi connectivity index (χ4n) is 9.23. The highest BCUT2D eigenvalue weighted by Crippen LogP contribution is 2.55. The molecule has 0 N–H and O–H groups in total. The van der Waals surface area contributed by atoms with Gasteiger partial charge in [-0.3, -0.25) is 0 Å². The summed E-state index contributed by atoms with van der Waals surface area (Å²) in [5, 5.41) is 0. The van der Waals surface area contributed by atoms with Crippen LogP contribution in [0.25, 0.3) is 22.3 Å². The lowest BCUT2D eigenvalue weighted by atomic mass is 9.76. The number of nitrogens with zero attached hydrogens (tertiary/aromatic N) is 2. The molecule has 0 saturated carbocycles. The molecule has 0 amide bonds. The molecule has 55 heavy (non-hydrogen) atoms. The van der Waals surface area contributed by atoms with Crippen LogP contribution < -0.4 is 9.80 Å². The number of rotatable bonds is 8. The molecule has 10 rings (SSSR count). The topological polar surface area (TPSA) is 6.48 Å². The predicted molar refractivity (Wildman–Crippen MR) is 231 cm³/mol. The molecule has 264 valence electrons. The summed E-state index contributed by atoms with van der Waals surface area (Å²) in [7, 11) is 0. The van der Waals surface area contributed by atoms with E-state index in [1.807, 2.05) is 0 Å². The van der Waals surface area contributed by atoms with Gasteiger partial charge in [-0.15, -0.1) is 0 Å². The molecule has 2 aliphatic rings. The van der Waals surface area contributed by atoms with Crippen LogP contribution in [0.1, 0.15) is 35.1 Å². The summed E-state index contributed by atoms with van der Waals surface area (Å²) >= 11 is 0. The molecule has 0 bridgehead atoms. The van der Waals surface area contributed by atoms with E-state index >= 15 is 0 Å². The van der Waals surface area contributed by atoms with Crippen LogP contribution in [0.5, 0.6) is 0 Å². The predicted octanol–water partition coefficient (Wildman–Crippen LogP) is 14.1. The number of hydrogen-bond acceptors (Lipinski definition) is 2. The summed E-state index contributed by atoms with van der Waals surface area (Å²) in [5.74, 6) is 0. The number of hydrogen-bond donors (Lipinski definition) is 0. The van der Waals surface area contributed by atoms with E-state index in [-0.39, 0.29) is 5.41 Å². The standard InChI is InChI=1S/C53H42N2/c1-6-16-39(17-7-1)43-28-31-52(49(36-43)40-18-8-2-9-19-40)55(46-24-14-5-15-25-46)48-30-27-42-33-35-53(51(42)38-48)34-32-41-26-29-47(37-50(41)53)54(44-20-10-3-11-21-44)45-22-12-4-13-23-45/h1-31,36-38H,32-35H2/t53-/m1/s1. The van der Waals surface area contributed by atoms with Crippen molar-refractivity contribution in [3.05, 3.63) is 229 Å². The molecule has 0 saturated heterocycles. The minimum absolute atomic E-state index is 0.0302. The number of benzene rings is 8. The minimum atomic E-state index is -0.0302. The van der Waals surface area contributed by atoms with Crippen LogP contribution in [0.3, 0.4) is 0 Å². The summed E-state index contributed by atoms with van der Waals surface area (Å²) in [6.07, 6.45) is 4.45. The quantitative estimate of drug-likeness (QED) is 0.155. The summed E-state index contributed by atoms with van der Waals surface area (Å²) < 4.78 is 0. The van der Waals surface area contributed by atoms with Gasteiger partial charge < -0.3 is 9.80 Å². The second-order valence-corrected chi connectivity index (χ2v) is 14.9. The molecule has 2 heteroatoms. The normalized spacial score (nSPS) is 15.4. The third-order valence-electron chi connectivity index (χ3n) is 11.8. The average Bonchev–Trinajstić information content (AvgIpc) is 3.83. The summed E-state index contributed by atoms with van der Waals surface area (Å²) in [4.78, 5) is 4.88. The SMILES string of the molecule is c1ccc(-c2ccc(N(c3ccccc3)c3ccc4c(c3)[C@]3(CCc5ccc(N(c6ccccc6)c6ccccc6)cc53)CC4)c(-c3ccccc3)c2)cc1. The Hall–Kier alpha value is -6.64. The molecule has 0 radical (unpaired) electrons. The molecule has 0 fully saturated rings. The summed E-state index contributed by atoms with van der Waals surface area (Å²) in [5.41, 5.74) is 17.8. The molecule has 8 aromatic carbocycles. The molecular weight excluding hydrogens is 665 g/mol. The minimum Gasteiger partial charge on any atom is -0.310 e. The van der Waals surface area contributed by atoms with Gasteiger partial charge in [-0.1, -0.05) is 133 Å². The van der Waals surface area contributed by atoms with Gasteiger partial charge in [0.25, 0.3) is 0 Å². The van der Waals surface area contributed by atoms with Crippen LogP contribution in [-0.4, -0.2) is 0 Å². The van der Waals surface area contributed by atoms with Crippen molar-refractivity contribution in [2.24, 2.45) is 0 Å². The first kappa shape index (κ1) is 33.0. The van der Waals surface area contributed by atoms with Crippen LogP contribution in [-0.2, 0) is 18.3 Å². The van der Waals surface area contributed by atoms with Gasteiger partial charge in [0.1, 0.15) is 0 Å². The Morgan fingerprint density at radius 2 is 0.764 bits per heavy atom.